The molecular formula is C27H25F4N5O3. The van der Waals surface area contributed by atoms with Crippen molar-refractivity contribution in [3.63, 3.8) is 0 Å². The topological polar surface area (TPSA) is 98.2 Å². The molecule has 1 fully saturated rings. The number of nitrogens with zero attached hydrogens (tertiary/aromatic N) is 3. The van der Waals surface area contributed by atoms with Gasteiger partial charge < -0.3 is 9.32 Å². The minimum absolute atomic E-state index is 0.0902. The van der Waals surface area contributed by atoms with E-state index in [-0.39, 0.29) is 37.2 Å². The van der Waals surface area contributed by atoms with E-state index in [0.717, 1.165) is 17.4 Å². The van der Waals surface area contributed by atoms with Gasteiger partial charge in [0.05, 0.1) is 18.1 Å². The molecule has 0 bridgehead atoms. The molecule has 4 aromatic rings. The Hall–Kier alpha value is -3.93. The number of aromatic amines is 2. The molecule has 1 saturated heterocycles. The van der Waals surface area contributed by atoms with Gasteiger partial charge in [0.1, 0.15) is 11.4 Å². The molecule has 6 rings (SSSR count). The molecule has 12 heteroatoms. The van der Waals surface area contributed by atoms with Crippen LogP contribution in [0.5, 0.6) is 0 Å². The van der Waals surface area contributed by atoms with Crippen molar-refractivity contribution in [1.29, 1.82) is 0 Å². The summed E-state index contributed by atoms with van der Waals surface area (Å²) in [6.07, 6.45) is -0.370. The largest absolute Gasteiger partial charge is 0.417 e. The first-order valence-electron chi connectivity index (χ1n) is 12.6. The van der Waals surface area contributed by atoms with E-state index >= 15 is 0 Å². The van der Waals surface area contributed by atoms with Gasteiger partial charge in [0.25, 0.3) is 17.8 Å². The SMILES string of the molecule is CC(F)(F)CN1C(=O)c2[nH]nc(-c3cccc4[nH]c(=O)oc34)c2C1c1ccc(CN2CCC(F)(F)CC2)cc1. The van der Waals surface area contributed by atoms with Crippen LogP contribution in [0.1, 0.15) is 53.0 Å². The van der Waals surface area contributed by atoms with Gasteiger partial charge in [-0.25, -0.2) is 22.4 Å². The molecule has 0 radical (unpaired) electrons. The summed E-state index contributed by atoms with van der Waals surface area (Å²) in [5, 5.41) is 7.04. The predicted octanol–water partition coefficient (Wildman–Crippen LogP) is 4.94. The number of alkyl halides is 4. The number of hydrogen-bond donors (Lipinski definition) is 2. The lowest BCUT2D eigenvalue weighted by Crippen LogP contribution is -2.39. The Labute approximate surface area is 219 Å². The van der Waals surface area contributed by atoms with Crippen molar-refractivity contribution in [2.45, 2.75) is 44.2 Å². The molecule has 39 heavy (non-hydrogen) atoms. The number of oxazole rings is 1. The molecule has 1 amide bonds. The van der Waals surface area contributed by atoms with Gasteiger partial charge in [-0.1, -0.05) is 30.3 Å². The number of H-pyrrole nitrogens is 2. The molecule has 2 aliphatic heterocycles. The number of para-hydroxylation sites is 1. The van der Waals surface area contributed by atoms with Crippen LogP contribution >= 0.6 is 0 Å². The number of piperidine rings is 1. The molecule has 0 aliphatic carbocycles. The highest BCUT2D eigenvalue weighted by atomic mass is 19.3. The summed E-state index contributed by atoms with van der Waals surface area (Å²) in [6, 6.07) is 11.3. The van der Waals surface area contributed by atoms with E-state index in [1.54, 1.807) is 30.3 Å². The van der Waals surface area contributed by atoms with Crippen molar-refractivity contribution in [3.8, 4) is 11.3 Å². The van der Waals surface area contributed by atoms with E-state index in [2.05, 4.69) is 15.2 Å². The lowest BCUT2D eigenvalue weighted by atomic mass is 9.94. The van der Waals surface area contributed by atoms with Crippen molar-refractivity contribution in [2.24, 2.45) is 0 Å². The highest BCUT2D eigenvalue weighted by molar-refractivity contribution is 6.01. The van der Waals surface area contributed by atoms with E-state index in [1.165, 1.54) is 0 Å². The molecule has 1 unspecified atom stereocenters. The molecule has 0 saturated carbocycles. The van der Waals surface area contributed by atoms with Crippen LogP contribution in [0.2, 0.25) is 0 Å². The second-order valence-corrected chi connectivity index (χ2v) is 10.3. The Kier molecular flexibility index (Phi) is 5.90. The number of carbonyl (C=O) groups excluding carboxylic acids is 1. The summed E-state index contributed by atoms with van der Waals surface area (Å²) < 4.78 is 60.9. The summed E-state index contributed by atoms with van der Waals surface area (Å²) in [5.41, 5.74) is 3.40. The van der Waals surface area contributed by atoms with Crippen molar-refractivity contribution in [2.75, 3.05) is 19.6 Å². The Morgan fingerprint density at radius 3 is 2.51 bits per heavy atom. The number of carbonyl (C=O) groups is 1. The number of aromatic nitrogens is 3. The molecule has 0 spiro atoms. The van der Waals surface area contributed by atoms with Gasteiger partial charge in [0, 0.05) is 50.5 Å². The van der Waals surface area contributed by atoms with Gasteiger partial charge >= 0.3 is 5.76 Å². The van der Waals surface area contributed by atoms with E-state index in [9.17, 15) is 27.2 Å². The molecule has 1 atom stereocenters. The second kappa shape index (κ2) is 9.08. The number of likely N-dealkylation sites (tertiary alicyclic amines) is 1. The third kappa shape index (κ3) is 4.73. The summed E-state index contributed by atoms with van der Waals surface area (Å²) in [6.45, 7) is 0.990. The predicted molar refractivity (Wildman–Crippen MR) is 134 cm³/mol. The third-order valence-electron chi connectivity index (χ3n) is 7.30. The highest BCUT2D eigenvalue weighted by Crippen LogP contribution is 2.44. The summed E-state index contributed by atoms with van der Waals surface area (Å²) in [7, 11) is 0. The third-order valence-corrected chi connectivity index (χ3v) is 7.30. The first kappa shape index (κ1) is 25.4. The maximum atomic E-state index is 14.2. The minimum Gasteiger partial charge on any atom is -0.407 e. The van der Waals surface area contributed by atoms with Gasteiger partial charge in [0.15, 0.2) is 5.58 Å². The maximum Gasteiger partial charge on any atom is 0.417 e. The lowest BCUT2D eigenvalue weighted by Gasteiger charge is -2.32. The molecular weight excluding hydrogens is 518 g/mol. The summed E-state index contributed by atoms with van der Waals surface area (Å²) in [4.78, 5) is 30.8. The number of halogens is 4. The average Bonchev–Trinajstić information content (AvgIpc) is 3.54. The van der Waals surface area contributed by atoms with Gasteiger partial charge in [-0.3, -0.25) is 19.8 Å². The van der Waals surface area contributed by atoms with Gasteiger partial charge in [-0.2, -0.15) is 5.10 Å². The Morgan fingerprint density at radius 2 is 1.82 bits per heavy atom. The van der Waals surface area contributed by atoms with Crippen LogP contribution in [0.3, 0.4) is 0 Å². The van der Waals surface area contributed by atoms with Gasteiger partial charge in [-0.05, 0) is 23.3 Å². The van der Waals surface area contributed by atoms with Gasteiger partial charge in [0.2, 0.25) is 0 Å². The Balaban J connectivity index is 1.38. The minimum atomic E-state index is -3.16. The zero-order valence-electron chi connectivity index (χ0n) is 20.9. The maximum absolute atomic E-state index is 14.2. The Morgan fingerprint density at radius 1 is 1.10 bits per heavy atom. The first-order chi connectivity index (χ1) is 18.5. The van der Waals surface area contributed by atoms with Crippen molar-refractivity contribution in [3.05, 3.63) is 75.4 Å². The van der Waals surface area contributed by atoms with Crippen LogP contribution < -0.4 is 5.76 Å². The van der Waals surface area contributed by atoms with E-state index < -0.39 is 36.1 Å². The van der Waals surface area contributed by atoms with Crippen LogP contribution in [0, 0.1) is 0 Å². The normalized spacial score (nSPS) is 19.7. The summed E-state index contributed by atoms with van der Waals surface area (Å²) >= 11 is 0. The van der Waals surface area contributed by atoms with Gasteiger partial charge in [-0.15, -0.1) is 0 Å². The number of nitrogens with one attached hydrogen (secondary N) is 2. The summed E-state index contributed by atoms with van der Waals surface area (Å²) in [5.74, 6) is -7.06. The van der Waals surface area contributed by atoms with E-state index in [4.69, 9.17) is 4.42 Å². The smallest absolute Gasteiger partial charge is 0.407 e. The molecule has 8 nitrogen and oxygen atoms in total. The van der Waals surface area contributed by atoms with Crippen LogP contribution in [0.15, 0.2) is 51.7 Å². The van der Waals surface area contributed by atoms with Crippen LogP contribution in [-0.4, -0.2) is 62.4 Å². The van der Waals surface area contributed by atoms with E-state index in [1.807, 2.05) is 17.0 Å². The fraction of sp³-hybridized carbons (Fsp3) is 0.370. The first-order valence-corrected chi connectivity index (χ1v) is 12.6. The number of amides is 1. The lowest BCUT2D eigenvalue weighted by molar-refractivity contribution is -0.0566. The zero-order chi connectivity index (χ0) is 27.5. The second-order valence-electron chi connectivity index (χ2n) is 10.3. The quantitative estimate of drug-likeness (QED) is 0.336. The molecule has 2 aromatic heterocycles. The number of hydrogen-bond acceptors (Lipinski definition) is 5. The van der Waals surface area contributed by atoms with Crippen molar-refractivity contribution < 1.29 is 26.8 Å². The van der Waals surface area contributed by atoms with Crippen LogP contribution in [0.25, 0.3) is 22.4 Å². The monoisotopic (exact) mass is 543 g/mol. The molecule has 2 aliphatic rings. The standard InChI is InChI=1S/C27H25F4N5O3/c1-26(28,29)14-36-22(16-7-5-15(6-8-16)13-35-11-9-27(30,31)10-12-35)19-20(33-34-21(19)24(36)37)17-3-2-4-18-23(17)39-25(38)32-18/h2-8,22H,9-14H2,1H3,(H,32,38)(H,33,34). The number of fused-ring (bicyclic) bond motifs is 2. The van der Waals surface area contributed by atoms with E-state index in [0.29, 0.717) is 34.4 Å². The Bertz CT molecular complexity index is 1590. The molecule has 2 aromatic carbocycles. The van der Waals surface area contributed by atoms with Crippen LogP contribution in [-0.2, 0) is 6.54 Å². The number of rotatable bonds is 6. The fourth-order valence-electron chi connectivity index (χ4n) is 5.47. The molecule has 204 valence electrons. The highest BCUT2D eigenvalue weighted by Gasteiger charge is 2.45. The zero-order valence-corrected chi connectivity index (χ0v) is 20.9. The molecule has 4 heterocycles. The fourth-order valence-corrected chi connectivity index (χ4v) is 5.47. The number of benzene rings is 2. The average molecular weight is 544 g/mol. The van der Waals surface area contributed by atoms with Crippen molar-refractivity contribution >= 4 is 17.0 Å². The van der Waals surface area contributed by atoms with Crippen LogP contribution in [0.4, 0.5) is 17.6 Å². The van der Waals surface area contributed by atoms with Crippen molar-refractivity contribution in [1.82, 2.24) is 25.0 Å². The molecule has 2 N–H and O–H groups in total.